The number of carbonyl (C=O) groups is 2. The molecule has 0 radical (unpaired) electrons. The summed E-state index contributed by atoms with van der Waals surface area (Å²) in [5.74, 6) is -3.92. The number of rotatable bonds is 4. The van der Waals surface area contributed by atoms with Gasteiger partial charge in [0.25, 0.3) is 0 Å². The van der Waals surface area contributed by atoms with Gasteiger partial charge >= 0.3 is 11.9 Å². The molecule has 0 aliphatic heterocycles. The van der Waals surface area contributed by atoms with Crippen molar-refractivity contribution in [2.45, 2.75) is 19.9 Å². The number of halogens is 2. The minimum atomic E-state index is -1.37. The lowest BCUT2D eigenvalue weighted by Gasteiger charge is -2.29. The first kappa shape index (κ1) is 19.1. The number of phenols is 1. The summed E-state index contributed by atoms with van der Waals surface area (Å²) < 4.78 is 18.1. The van der Waals surface area contributed by atoms with Crippen LogP contribution in [0.2, 0.25) is 0 Å². The van der Waals surface area contributed by atoms with E-state index in [9.17, 15) is 19.1 Å². The number of carbonyl (C=O) groups excluding carboxylic acids is 1. The number of phenolic OH excluding ortho intramolecular Hbond substituents is 1. The van der Waals surface area contributed by atoms with Crippen molar-refractivity contribution in [3.8, 4) is 5.75 Å². The van der Waals surface area contributed by atoms with Crippen LogP contribution in [0.5, 0.6) is 5.75 Å². The molecule has 0 bridgehead atoms. The summed E-state index contributed by atoms with van der Waals surface area (Å²) in [6, 6.07) is 0.582. The molecular formula is C13H17ClFNO5. The van der Waals surface area contributed by atoms with E-state index in [0.29, 0.717) is 6.07 Å². The van der Waals surface area contributed by atoms with Gasteiger partial charge in [-0.05, 0) is 26.0 Å². The van der Waals surface area contributed by atoms with Gasteiger partial charge in [0, 0.05) is 11.6 Å². The molecule has 1 aromatic carbocycles. The monoisotopic (exact) mass is 321 g/mol. The number of benzene rings is 1. The third-order valence-electron chi connectivity index (χ3n) is 3.16. The average molecular weight is 322 g/mol. The molecule has 0 aromatic heterocycles. The van der Waals surface area contributed by atoms with E-state index in [-0.39, 0.29) is 23.5 Å². The van der Waals surface area contributed by atoms with Crippen LogP contribution in [0.25, 0.3) is 0 Å². The van der Waals surface area contributed by atoms with Crippen molar-refractivity contribution < 1.29 is 28.9 Å². The number of methoxy groups -OCH3 is 1. The third-order valence-corrected chi connectivity index (χ3v) is 3.16. The summed E-state index contributed by atoms with van der Waals surface area (Å²) in [5.41, 5.74) is 4.06. The molecule has 21 heavy (non-hydrogen) atoms. The molecule has 6 nitrogen and oxygen atoms in total. The number of esters is 1. The first-order valence-corrected chi connectivity index (χ1v) is 5.72. The van der Waals surface area contributed by atoms with Gasteiger partial charge < -0.3 is 20.7 Å². The highest BCUT2D eigenvalue weighted by Gasteiger charge is 2.38. The molecule has 1 rings (SSSR count). The predicted octanol–water partition coefficient (Wildman–Crippen LogP) is 1.85. The maximum absolute atomic E-state index is 13.5. The van der Waals surface area contributed by atoms with Crippen LogP contribution in [-0.4, -0.2) is 29.3 Å². The van der Waals surface area contributed by atoms with Crippen LogP contribution in [0, 0.1) is 11.2 Å². The fraction of sp³-hybridized carbons (Fsp3) is 0.385. The van der Waals surface area contributed by atoms with Crippen LogP contribution < -0.4 is 5.73 Å². The quantitative estimate of drug-likeness (QED) is 0.730. The number of hydrogen-bond acceptors (Lipinski definition) is 5. The number of nitrogens with two attached hydrogens (primary N) is 1. The standard InChI is InChI=1S/C13H16FNO5.ClH/c1-13(2,12(19)20-3)10(15)7-4-6(11(17)18)5-8(14)9(7)16;/h4-5,10,16H,15H2,1-3H3,(H,17,18);1H/t10-;/m1./s1. The van der Waals surface area contributed by atoms with Gasteiger partial charge in [-0.15, -0.1) is 12.4 Å². The summed E-state index contributed by atoms with van der Waals surface area (Å²) in [5, 5.41) is 18.6. The maximum atomic E-state index is 13.5. The number of ether oxygens (including phenoxy) is 1. The minimum absolute atomic E-state index is 0. The van der Waals surface area contributed by atoms with Crippen LogP contribution in [-0.2, 0) is 9.53 Å². The Kier molecular flexibility index (Phi) is 6.13. The Morgan fingerprint density at radius 1 is 1.38 bits per heavy atom. The zero-order valence-electron chi connectivity index (χ0n) is 11.7. The van der Waals surface area contributed by atoms with Gasteiger partial charge in [-0.3, -0.25) is 4.79 Å². The SMILES string of the molecule is COC(=O)C(C)(C)[C@H](N)c1cc(C(=O)O)cc(F)c1O.Cl. The Morgan fingerprint density at radius 2 is 1.90 bits per heavy atom. The van der Waals surface area contributed by atoms with Gasteiger partial charge in [0.2, 0.25) is 0 Å². The van der Waals surface area contributed by atoms with E-state index in [4.69, 9.17) is 10.8 Å². The normalized spacial score (nSPS) is 12.2. The topological polar surface area (TPSA) is 110 Å². The highest BCUT2D eigenvalue weighted by atomic mass is 35.5. The summed E-state index contributed by atoms with van der Waals surface area (Å²) in [7, 11) is 1.17. The Hall–Kier alpha value is -1.86. The summed E-state index contributed by atoms with van der Waals surface area (Å²) in [4.78, 5) is 22.6. The van der Waals surface area contributed by atoms with Crippen molar-refractivity contribution >= 4 is 24.3 Å². The maximum Gasteiger partial charge on any atom is 0.335 e. The summed E-state index contributed by atoms with van der Waals surface area (Å²) in [6.45, 7) is 2.91. The first-order chi connectivity index (χ1) is 9.12. The second kappa shape index (κ2) is 6.73. The Bertz CT molecular complexity index is 562. The lowest BCUT2D eigenvalue weighted by molar-refractivity contribution is -0.152. The van der Waals surface area contributed by atoms with Gasteiger partial charge in [-0.1, -0.05) is 0 Å². The molecular weight excluding hydrogens is 305 g/mol. The average Bonchev–Trinajstić information content (AvgIpc) is 2.39. The van der Waals surface area contributed by atoms with E-state index in [1.165, 1.54) is 21.0 Å². The molecule has 0 saturated carbocycles. The van der Waals surface area contributed by atoms with E-state index in [1.807, 2.05) is 0 Å². The largest absolute Gasteiger partial charge is 0.505 e. The van der Waals surface area contributed by atoms with Crippen molar-refractivity contribution in [1.82, 2.24) is 0 Å². The number of carboxylic acid groups (broad SMARTS) is 1. The molecule has 8 heteroatoms. The van der Waals surface area contributed by atoms with Crippen LogP contribution >= 0.6 is 12.4 Å². The molecule has 0 aliphatic rings. The molecule has 0 saturated heterocycles. The lowest BCUT2D eigenvalue weighted by atomic mass is 9.80. The van der Waals surface area contributed by atoms with E-state index in [1.54, 1.807) is 0 Å². The lowest BCUT2D eigenvalue weighted by Crippen LogP contribution is -2.37. The number of aromatic hydroxyl groups is 1. The van der Waals surface area contributed by atoms with Gasteiger partial charge in [-0.2, -0.15) is 0 Å². The van der Waals surface area contributed by atoms with Crippen molar-refractivity contribution in [1.29, 1.82) is 0 Å². The molecule has 0 fully saturated rings. The minimum Gasteiger partial charge on any atom is -0.505 e. The zero-order valence-corrected chi connectivity index (χ0v) is 12.5. The van der Waals surface area contributed by atoms with Crippen molar-refractivity contribution in [3.63, 3.8) is 0 Å². The number of hydrogen-bond donors (Lipinski definition) is 3. The molecule has 4 N–H and O–H groups in total. The van der Waals surface area contributed by atoms with Gasteiger partial charge in [0.15, 0.2) is 11.6 Å². The van der Waals surface area contributed by atoms with Crippen LogP contribution in [0.3, 0.4) is 0 Å². The van der Waals surface area contributed by atoms with Gasteiger partial charge in [-0.25, -0.2) is 9.18 Å². The van der Waals surface area contributed by atoms with E-state index < -0.39 is 35.0 Å². The highest BCUT2D eigenvalue weighted by Crippen LogP contribution is 2.38. The smallest absolute Gasteiger partial charge is 0.335 e. The Morgan fingerprint density at radius 3 is 2.33 bits per heavy atom. The molecule has 0 unspecified atom stereocenters. The molecule has 0 spiro atoms. The number of carboxylic acids is 1. The Balaban J connectivity index is 0.00000400. The second-order valence-corrected chi connectivity index (χ2v) is 4.89. The molecule has 118 valence electrons. The molecule has 0 heterocycles. The fourth-order valence-electron chi connectivity index (χ4n) is 1.76. The fourth-order valence-corrected chi connectivity index (χ4v) is 1.76. The molecule has 0 amide bonds. The van der Waals surface area contributed by atoms with Crippen molar-refractivity contribution in [3.05, 3.63) is 29.1 Å². The highest BCUT2D eigenvalue weighted by molar-refractivity contribution is 5.88. The zero-order chi connectivity index (χ0) is 15.7. The predicted molar refractivity (Wildman–Crippen MR) is 75.0 cm³/mol. The van der Waals surface area contributed by atoms with E-state index >= 15 is 0 Å². The molecule has 0 aliphatic carbocycles. The third kappa shape index (κ3) is 3.62. The van der Waals surface area contributed by atoms with Gasteiger partial charge in [0.05, 0.1) is 18.1 Å². The van der Waals surface area contributed by atoms with Crippen LogP contribution in [0.1, 0.15) is 35.8 Å². The van der Waals surface area contributed by atoms with E-state index in [0.717, 1.165) is 6.07 Å². The molecule has 1 aromatic rings. The Labute approximate surface area is 127 Å². The van der Waals surface area contributed by atoms with Crippen LogP contribution in [0.4, 0.5) is 4.39 Å². The second-order valence-electron chi connectivity index (χ2n) is 4.89. The van der Waals surface area contributed by atoms with Crippen molar-refractivity contribution in [2.75, 3.05) is 7.11 Å². The van der Waals surface area contributed by atoms with Crippen molar-refractivity contribution in [2.24, 2.45) is 11.1 Å². The first-order valence-electron chi connectivity index (χ1n) is 5.72. The number of aromatic carboxylic acids is 1. The van der Waals surface area contributed by atoms with E-state index in [2.05, 4.69) is 4.74 Å². The van der Waals surface area contributed by atoms with Gasteiger partial charge in [0.1, 0.15) is 0 Å². The van der Waals surface area contributed by atoms with Crippen LogP contribution in [0.15, 0.2) is 12.1 Å². The molecule has 1 atom stereocenters. The summed E-state index contributed by atoms with van der Waals surface area (Å²) in [6.07, 6.45) is 0. The summed E-state index contributed by atoms with van der Waals surface area (Å²) >= 11 is 0.